The first kappa shape index (κ1) is 15.5. The van der Waals surface area contributed by atoms with Gasteiger partial charge in [-0.3, -0.25) is 0 Å². The van der Waals surface area contributed by atoms with Crippen LogP contribution in [0.4, 0.5) is 0 Å². The SMILES string of the molecule is Cc1oc(CO)cc1S(=O)(=O)NCC1(N(C)C)CCC1. The van der Waals surface area contributed by atoms with E-state index in [1.165, 1.54) is 6.07 Å². The van der Waals surface area contributed by atoms with Gasteiger partial charge in [0.15, 0.2) is 0 Å². The number of aliphatic hydroxyl groups is 1. The van der Waals surface area contributed by atoms with Gasteiger partial charge in [-0.15, -0.1) is 0 Å². The van der Waals surface area contributed by atoms with E-state index in [2.05, 4.69) is 9.62 Å². The summed E-state index contributed by atoms with van der Waals surface area (Å²) < 4.78 is 32.5. The van der Waals surface area contributed by atoms with Crippen molar-refractivity contribution in [2.45, 2.75) is 43.2 Å². The second kappa shape index (κ2) is 5.48. The Bertz CT molecular complexity index is 573. The summed E-state index contributed by atoms with van der Waals surface area (Å²) in [5.41, 5.74) is -0.0789. The Hall–Kier alpha value is -0.890. The summed E-state index contributed by atoms with van der Waals surface area (Å²) in [5.74, 6) is 0.558. The number of hydrogen-bond acceptors (Lipinski definition) is 5. The molecule has 114 valence electrons. The van der Waals surface area contributed by atoms with E-state index in [1.807, 2.05) is 14.1 Å². The minimum atomic E-state index is -3.60. The molecule has 0 atom stereocenters. The van der Waals surface area contributed by atoms with Gasteiger partial charge >= 0.3 is 0 Å². The van der Waals surface area contributed by atoms with E-state index in [0.29, 0.717) is 12.3 Å². The molecule has 0 radical (unpaired) electrons. The fourth-order valence-electron chi connectivity index (χ4n) is 2.54. The number of hydrogen-bond donors (Lipinski definition) is 2. The van der Waals surface area contributed by atoms with Crippen LogP contribution < -0.4 is 4.72 Å². The molecular weight excluding hydrogens is 280 g/mol. The van der Waals surface area contributed by atoms with E-state index in [9.17, 15) is 8.42 Å². The van der Waals surface area contributed by atoms with Gasteiger partial charge in [-0.05, 0) is 40.3 Å². The van der Waals surface area contributed by atoms with Crippen molar-refractivity contribution in [3.63, 3.8) is 0 Å². The Balaban J connectivity index is 2.13. The second-order valence-electron chi connectivity index (χ2n) is 5.59. The third-order valence-electron chi connectivity index (χ3n) is 4.19. The first-order valence-electron chi connectivity index (χ1n) is 6.68. The maximum Gasteiger partial charge on any atom is 0.244 e. The molecule has 0 spiro atoms. The van der Waals surface area contributed by atoms with Gasteiger partial charge in [-0.2, -0.15) is 0 Å². The molecule has 0 unspecified atom stereocenters. The molecule has 7 heteroatoms. The smallest absolute Gasteiger partial charge is 0.244 e. The molecule has 0 saturated heterocycles. The molecule has 6 nitrogen and oxygen atoms in total. The summed E-state index contributed by atoms with van der Waals surface area (Å²) in [5, 5.41) is 9.00. The van der Waals surface area contributed by atoms with E-state index in [0.717, 1.165) is 19.3 Å². The number of aryl methyl sites for hydroxylation is 1. The van der Waals surface area contributed by atoms with Crippen LogP contribution in [0.5, 0.6) is 0 Å². The monoisotopic (exact) mass is 302 g/mol. The average molecular weight is 302 g/mol. The highest BCUT2D eigenvalue weighted by Gasteiger charge is 2.40. The predicted molar refractivity (Wildman–Crippen MR) is 74.8 cm³/mol. The lowest BCUT2D eigenvalue weighted by Crippen LogP contribution is -2.57. The van der Waals surface area contributed by atoms with Crippen molar-refractivity contribution in [1.29, 1.82) is 0 Å². The van der Waals surface area contributed by atoms with Gasteiger partial charge in [0.2, 0.25) is 10.0 Å². The van der Waals surface area contributed by atoms with Crippen molar-refractivity contribution < 1.29 is 17.9 Å². The van der Waals surface area contributed by atoms with Crippen molar-refractivity contribution >= 4 is 10.0 Å². The number of rotatable bonds is 6. The molecule has 1 aliphatic rings. The summed E-state index contributed by atoms with van der Waals surface area (Å²) >= 11 is 0. The summed E-state index contributed by atoms with van der Waals surface area (Å²) in [4.78, 5) is 2.19. The Kier molecular flexibility index (Phi) is 4.24. The number of furan rings is 1. The van der Waals surface area contributed by atoms with Crippen LogP contribution in [0, 0.1) is 6.92 Å². The molecule has 1 saturated carbocycles. The maximum absolute atomic E-state index is 12.3. The molecule has 0 bridgehead atoms. The normalized spacial score (nSPS) is 18.2. The summed E-state index contributed by atoms with van der Waals surface area (Å²) in [6, 6.07) is 1.38. The molecule has 0 aliphatic heterocycles. The largest absolute Gasteiger partial charge is 0.462 e. The van der Waals surface area contributed by atoms with Crippen molar-refractivity contribution in [1.82, 2.24) is 9.62 Å². The minimum Gasteiger partial charge on any atom is -0.462 e. The van der Waals surface area contributed by atoms with Gasteiger partial charge in [0, 0.05) is 18.2 Å². The Morgan fingerprint density at radius 1 is 1.45 bits per heavy atom. The van der Waals surface area contributed by atoms with Crippen LogP contribution in [0.15, 0.2) is 15.4 Å². The number of aliphatic hydroxyl groups excluding tert-OH is 1. The molecular formula is C13H22N2O4S. The summed E-state index contributed by atoms with van der Waals surface area (Å²) in [6.07, 6.45) is 3.11. The van der Waals surface area contributed by atoms with Crippen LogP contribution in [0.2, 0.25) is 0 Å². The lowest BCUT2D eigenvalue weighted by Gasteiger charge is -2.47. The maximum atomic E-state index is 12.3. The predicted octanol–water partition coefficient (Wildman–Crippen LogP) is 0.843. The van der Waals surface area contributed by atoms with Gasteiger partial charge < -0.3 is 14.4 Å². The van der Waals surface area contributed by atoms with Gasteiger partial charge in [0.05, 0.1) is 0 Å². The quantitative estimate of drug-likeness (QED) is 0.814. The zero-order valence-corrected chi connectivity index (χ0v) is 13.0. The van der Waals surface area contributed by atoms with Crippen molar-refractivity contribution in [2.75, 3.05) is 20.6 Å². The van der Waals surface area contributed by atoms with E-state index in [-0.39, 0.29) is 22.8 Å². The molecule has 0 amide bonds. The molecule has 2 N–H and O–H groups in total. The highest BCUT2D eigenvalue weighted by Crippen LogP contribution is 2.35. The highest BCUT2D eigenvalue weighted by molar-refractivity contribution is 7.89. The standard InChI is InChI=1S/C13H22N2O4S/c1-10-12(7-11(8-16)19-10)20(17,18)14-9-13(15(2)3)5-4-6-13/h7,14,16H,4-6,8-9H2,1-3H3. The van der Waals surface area contributed by atoms with Crippen molar-refractivity contribution in [2.24, 2.45) is 0 Å². The van der Waals surface area contributed by atoms with Crippen LogP contribution in [-0.2, 0) is 16.6 Å². The number of likely N-dealkylation sites (N-methyl/N-ethyl adjacent to an activating group) is 1. The molecule has 1 aromatic rings. The molecule has 1 aromatic heterocycles. The number of nitrogens with one attached hydrogen (secondary N) is 1. The van der Waals surface area contributed by atoms with Crippen LogP contribution in [-0.4, -0.2) is 44.6 Å². The van der Waals surface area contributed by atoms with Crippen LogP contribution in [0.1, 0.15) is 30.8 Å². The van der Waals surface area contributed by atoms with Gasteiger partial charge in [-0.1, -0.05) is 0 Å². The molecule has 1 heterocycles. The van der Waals surface area contributed by atoms with Crippen LogP contribution in [0.3, 0.4) is 0 Å². The molecule has 2 rings (SSSR count). The fraction of sp³-hybridized carbons (Fsp3) is 0.692. The number of sulfonamides is 1. The topological polar surface area (TPSA) is 82.8 Å². The van der Waals surface area contributed by atoms with Gasteiger partial charge in [0.1, 0.15) is 23.0 Å². The zero-order chi connectivity index (χ0) is 15.0. The summed E-state index contributed by atoms with van der Waals surface area (Å²) in [7, 11) is 0.341. The third-order valence-corrected chi connectivity index (χ3v) is 5.70. The fourth-order valence-corrected chi connectivity index (χ4v) is 3.86. The van der Waals surface area contributed by atoms with Gasteiger partial charge in [-0.25, -0.2) is 13.1 Å². The Labute approximate surface area is 119 Å². The molecule has 1 fully saturated rings. The third kappa shape index (κ3) is 2.76. The molecule has 1 aliphatic carbocycles. The zero-order valence-electron chi connectivity index (χ0n) is 12.1. The minimum absolute atomic E-state index is 0.0789. The summed E-state index contributed by atoms with van der Waals surface area (Å²) in [6.45, 7) is 1.66. The van der Waals surface area contributed by atoms with E-state index < -0.39 is 10.0 Å². The van der Waals surface area contributed by atoms with Crippen LogP contribution >= 0.6 is 0 Å². The number of nitrogens with zero attached hydrogens (tertiary/aromatic N) is 1. The van der Waals surface area contributed by atoms with Crippen molar-refractivity contribution in [3.8, 4) is 0 Å². The lowest BCUT2D eigenvalue weighted by molar-refractivity contribution is 0.0656. The highest BCUT2D eigenvalue weighted by atomic mass is 32.2. The van der Waals surface area contributed by atoms with E-state index in [1.54, 1.807) is 6.92 Å². The average Bonchev–Trinajstić information content (AvgIpc) is 2.69. The van der Waals surface area contributed by atoms with Crippen molar-refractivity contribution in [3.05, 3.63) is 17.6 Å². The van der Waals surface area contributed by atoms with Crippen LogP contribution in [0.25, 0.3) is 0 Å². The van der Waals surface area contributed by atoms with E-state index in [4.69, 9.17) is 9.52 Å². The Morgan fingerprint density at radius 2 is 2.10 bits per heavy atom. The van der Waals surface area contributed by atoms with Gasteiger partial charge in [0.25, 0.3) is 0 Å². The molecule has 0 aromatic carbocycles. The second-order valence-corrected chi connectivity index (χ2v) is 7.32. The molecule has 20 heavy (non-hydrogen) atoms. The first-order chi connectivity index (χ1) is 9.31. The Morgan fingerprint density at radius 3 is 2.50 bits per heavy atom. The van der Waals surface area contributed by atoms with E-state index >= 15 is 0 Å². The first-order valence-corrected chi connectivity index (χ1v) is 8.16. The lowest BCUT2D eigenvalue weighted by atomic mass is 9.76.